The van der Waals surface area contributed by atoms with Crippen LogP contribution in [0.1, 0.15) is 35.4 Å². The number of nitrogens with one attached hydrogen (secondary N) is 1. The molecule has 0 bridgehead atoms. The summed E-state index contributed by atoms with van der Waals surface area (Å²) in [6, 6.07) is 29.2. The van der Waals surface area contributed by atoms with Gasteiger partial charge in [0.1, 0.15) is 0 Å². The predicted octanol–water partition coefficient (Wildman–Crippen LogP) is 6.03. The highest BCUT2D eigenvalue weighted by atomic mass is 19.1. The number of benzene rings is 4. The molecule has 8 rings (SSSR count). The van der Waals surface area contributed by atoms with Gasteiger partial charge in [-0.15, -0.1) is 0 Å². The van der Waals surface area contributed by atoms with Gasteiger partial charge in [-0.3, -0.25) is 29.5 Å². The molecule has 6 atom stereocenters. The number of para-hydroxylation sites is 2. The van der Waals surface area contributed by atoms with E-state index in [2.05, 4.69) is 5.43 Å². The van der Waals surface area contributed by atoms with Crippen molar-refractivity contribution in [2.45, 2.75) is 31.1 Å². The molecule has 48 heavy (non-hydrogen) atoms. The molecule has 4 aromatic carbocycles. The van der Waals surface area contributed by atoms with Gasteiger partial charge >= 0.3 is 0 Å². The van der Waals surface area contributed by atoms with E-state index in [1.54, 1.807) is 72.8 Å². The molecule has 4 amide bonds. The monoisotopic (exact) mass is 641 g/mol. The molecule has 1 saturated carbocycles. The van der Waals surface area contributed by atoms with Crippen molar-refractivity contribution in [2.75, 3.05) is 10.3 Å². The molecule has 2 saturated heterocycles. The zero-order chi connectivity index (χ0) is 33.3. The number of carbonyl (C=O) groups is 4. The molecule has 2 aliphatic heterocycles. The van der Waals surface area contributed by atoms with Crippen LogP contribution in [-0.4, -0.2) is 33.7 Å². The summed E-state index contributed by atoms with van der Waals surface area (Å²) in [5, 5.41) is 12.4. The number of anilines is 2. The first-order valence-corrected chi connectivity index (χ1v) is 16.1. The molecule has 3 fully saturated rings. The van der Waals surface area contributed by atoms with Gasteiger partial charge < -0.3 is 5.11 Å². The number of phenols is 1. The van der Waals surface area contributed by atoms with Crippen LogP contribution in [-0.2, 0) is 24.6 Å². The normalized spacial score (nSPS) is 27.8. The second kappa shape index (κ2) is 11.0. The Bertz CT molecular complexity index is 2010. The summed E-state index contributed by atoms with van der Waals surface area (Å²) in [7, 11) is 0. The number of halogens is 1. The topological polar surface area (TPSA) is 107 Å². The molecule has 0 spiro atoms. The van der Waals surface area contributed by atoms with Crippen molar-refractivity contribution in [3.05, 3.63) is 137 Å². The first-order valence-electron chi connectivity index (χ1n) is 16.1. The van der Waals surface area contributed by atoms with E-state index >= 15 is 9.18 Å². The molecular formula is C39H32FN3O5. The largest absolute Gasteiger partial charge is 0.505 e. The average Bonchev–Trinajstić information content (AvgIpc) is 3.48. The van der Waals surface area contributed by atoms with Crippen LogP contribution in [0.3, 0.4) is 0 Å². The maximum absolute atomic E-state index is 15.2. The number of carbonyl (C=O) groups excluding carboxylic acids is 4. The predicted molar refractivity (Wildman–Crippen MR) is 176 cm³/mol. The SMILES string of the molecule is Cc1ccc(NN2C(=O)[C@@H]3C[C@@H]4C(=CC[C@@H]5C(=O)N(c6ccccc6)C(=O)[C@@H]54)[C@H](c4cccc(F)c4O)[C@]3(c3ccccc3)C2=O)cc1. The van der Waals surface area contributed by atoms with Gasteiger partial charge in [-0.05, 0) is 61.6 Å². The number of allylic oxidation sites excluding steroid dienone is 2. The molecule has 240 valence electrons. The van der Waals surface area contributed by atoms with Gasteiger partial charge in [0.2, 0.25) is 11.8 Å². The fourth-order valence-corrected chi connectivity index (χ4v) is 8.69. The van der Waals surface area contributed by atoms with Crippen molar-refractivity contribution in [1.29, 1.82) is 0 Å². The van der Waals surface area contributed by atoms with E-state index in [0.717, 1.165) is 16.6 Å². The van der Waals surface area contributed by atoms with Gasteiger partial charge in [0.25, 0.3) is 11.8 Å². The number of phenolic OH excluding ortho intramolecular Hbond substituents is 1. The highest BCUT2D eigenvalue weighted by Crippen LogP contribution is 2.65. The third kappa shape index (κ3) is 4.13. The number of aryl methyl sites for hydroxylation is 1. The molecular weight excluding hydrogens is 609 g/mol. The van der Waals surface area contributed by atoms with Crippen LogP contribution in [0.2, 0.25) is 0 Å². The van der Waals surface area contributed by atoms with E-state index in [-0.39, 0.29) is 30.2 Å². The fourth-order valence-electron chi connectivity index (χ4n) is 8.69. The Kier molecular flexibility index (Phi) is 6.84. The summed E-state index contributed by atoms with van der Waals surface area (Å²) in [6.45, 7) is 1.93. The molecule has 4 aromatic rings. The zero-order valence-electron chi connectivity index (χ0n) is 26.0. The van der Waals surface area contributed by atoms with Gasteiger partial charge in [-0.2, -0.15) is 5.01 Å². The number of nitrogens with zero attached hydrogens (tertiary/aromatic N) is 2. The van der Waals surface area contributed by atoms with Gasteiger partial charge in [-0.25, -0.2) is 4.39 Å². The molecule has 2 heterocycles. The van der Waals surface area contributed by atoms with Gasteiger partial charge in [-0.1, -0.05) is 90.0 Å². The average molecular weight is 642 g/mol. The quantitative estimate of drug-likeness (QED) is 0.204. The second-order valence-electron chi connectivity index (χ2n) is 13.1. The molecule has 0 radical (unpaired) electrons. The summed E-state index contributed by atoms with van der Waals surface area (Å²) in [5.74, 6) is -7.31. The summed E-state index contributed by atoms with van der Waals surface area (Å²) >= 11 is 0. The Labute approximate surface area is 276 Å². The second-order valence-corrected chi connectivity index (χ2v) is 13.1. The van der Waals surface area contributed by atoms with Crippen LogP contribution in [0, 0.1) is 36.4 Å². The minimum absolute atomic E-state index is 0.104. The summed E-state index contributed by atoms with van der Waals surface area (Å²) < 4.78 is 15.2. The molecule has 0 aromatic heterocycles. The Balaban J connectivity index is 1.34. The summed E-state index contributed by atoms with van der Waals surface area (Å²) in [4.78, 5) is 59.1. The third-order valence-corrected chi connectivity index (χ3v) is 10.7. The molecule has 8 nitrogen and oxygen atoms in total. The van der Waals surface area contributed by atoms with Gasteiger partial charge in [0.15, 0.2) is 11.6 Å². The first kappa shape index (κ1) is 29.8. The highest BCUT2D eigenvalue weighted by Gasteiger charge is 2.70. The maximum atomic E-state index is 15.2. The number of fused-ring (bicyclic) bond motifs is 4. The number of imide groups is 2. The summed E-state index contributed by atoms with van der Waals surface area (Å²) in [5.41, 5.74) is 4.77. The van der Waals surface area contributed by atoms with Crippen LogP contribution in [0.4, 0.5) is 15.8 Å². The van der Waals surface area contributed by atoms with Crippen molar-refractivity contribution >= 4 is 35.0 Å². The lowest BCUT2D eigenvalue weighted by molar-refractivity contribution is -0.138. The third-order valence-electron chi connectivity index (χ3n) is 10.7. The van der Waals surface area contributed by atoms with Crippen molar-refractivity contribution in [3.63, 3.8) is 0 Å². The standard InChI is InChI=1S/C39H32FN3O5/c1-22-15-17-24(18-16-22)41-43-36(46)30-21-29-26(19-20-27-32(29)37(47)42(35(27)45)25-11-6-3-7-12-25)33(28-13-8-14-31(40)34(28)44)39(30,38(43)48)23-9-4-2-5-10-23/h2-19,27,29-30,32-33,41,44H,20-21H2,1H3/t27-,29+,30-,32-,33+,39+/m0/s1. The molecule has 9 heteroatoms. The van der Waals surface area contributed by atoms with Crippen molar-refractivity contribution < 1.29 is 28.7 Å². The van der Waals surface area contributed by atoms with Crippen LogP contribution in [0.15, 0.2) is 115 Å². The highest BCUT2D eigenvalue weighted by molar-refractivity contribution is 6.22. The number of amides is 4. The molecule has 4 aliphatic rings. The number of hydrogen-bond acceptors (Lipinski definition) is 6. The van der Waals surface area contributed by atoms with Crippen molar-refractivity contribution in [2.24, 2.45) is 23.7 Å². The Morgan fingerprint density at radius 1 is 0.792 bits per heavy atom. The number of hydrogen-bond donors (Lipinski definition) is 2. The molecule has 0 unspecified atom stereocenters. The minimum atomic E-state index is -1.60. The lowest BCUT2D eigenvalue weighted by atomic mass is 9.49. The zero-order valence-corrected chi connectivity index (χ0v) is 26.0. The number of rotatable bonds is 5. The molecule has 2 N–H and O–H groups in total. The van der Waals surface area contributed by atoms with E-state index in [1.807, 2.05) is 31.2 Å². The van der Waals surface area contributed by atoms with Crippen LogP contribution in [0.25, 0.3) is 0 Å². The number of aromatic hydroxyl groups is 1. The van der Waals surface area contributed by atoms with E-state index < -0.39 is 58.4 Å². The fraction of sp³-hybridized carbons (Fsp3) is 0.231. The van der Waals surface area contributed by atoms with Crippen molar-refractivity contribution in [3.8, 4) is 5.75 Å². The van der Waals surface area contributed by atoms with Crippen LogP contribution in [0.5, 0.6) is 5.75 Å². The van der Waals surface area contributed by atoms with Crippen LogP contribution < -0.4 is 10.3 Å². The molecule has 2 aliphatic carbocycles. The van der Waals surface area contributed by atoms with E-state index in [4.69, 9.17) is 0 Å². The Morgan fingerprint density at radius 3 is 2.19 bits per heavy atom. The van der Waals surface area contributed by atoms with E-state index in [9.17, 15) is 19.5 Å². The lowest BCUT2D eigenvalue weighted by Gasteiger charge is -2.50. The smallest absolute Gasteiger partial charge is 0.260 e. The number of hydrazine groups is 1. The van der Waals surface area contributed by atoms with Gasteiger partial charge in [0.05, 0.1) is 34.5 Å². The van der Waals surface area contributed by atoms with Crippen molar-refractivity contribution in [1.82, 2.24) is 5.01 Å². The van der Waals surface area contributed by atoms with E-state index in [1.165, 1.54) is 11.0 Å². The lowest BCUT2D eigenvalue weighted by Crippen LogP contribution is -2.53. The Morgan fingerprint density at radius 2 is 1.48 bits per heavy atom. The van der Waals surface area contributed by atoms with Gasteiger partial charge in [0, 0.05) is 11.5 Å². The minimum Gasteiger partial charge on any atom is -0.505 e. The Hall–Kier alpha value is -5.57. The first-order chi connectivity index (χ1) is 23.2. The van der Waals surface area contributed by atoms with Crippen LogP contribution >= 0.6 is 0 Å². The summed E-state index contributed by atoms with van der Waals surface area (Å²) in [6.07, 6.45) is 2.21. The van der Waals surface area contributed by atoms with E-state index in [0.29, 0.717) is 22.5 Å². The maximum Gasteiger partial charge on any atom is 0.260 e.